The lowest BCUT2D eigenvalue weighted by atomic mass is 10.2. The molecule has 2 rings (SSSR count). The largest absolute Gasteiger partial charge is 0.352 e. The van der Waals surface area contributed by atoms with Crippen LogP contribution in [0, 0.1) is 5.82 Å². The Bertz CT molecular complexity index is 545. The summed E-state index contributed by atoms with van der Waals surface area (Å²) in [5.41, 5.74) is 0.253. The summed E-state index contributed by atoms with van der Waals surface area (Å²) in [6.07, 6.45) is 1.68. The lowest BCUT2D eigenvalue weighted by Crippen LogP contribution is -2.26. The molecule has 5 nitrogen and oxygen atoms in total. The van der Waals surface area contributed by atoms with Crippen molar-refractivity contribution in [1.29, 1.82) is 0 Å². The van der Waals surface area contributed by atoms with E-state index in [0.717, 1.165) is 0 Å². The Morgan fingerprint density at radius 1 is 1.50 bits per heavy atom. The molecule has 0 aliphatic carbocycles. The van der Waals surface area contributed by atoms with E-state index in [1.54, 1.807) is 0 Å². The van der Waals surface area contributed by atoms with Crippen molar-refractivity contribution < 1.29 is 13.7 Å². The first-order valence-electron chi connectivity index (χ1n) is 5.16. The highest BCUT2D eigenvalue weighted by Crippen LogP contribution is 2.20. The SMILES string of the molecule is O=C(NCCc1ncon1)c1cccc(F)c1Br. The van der Waals surface area contributed by atoms with Gasteiger partial charge in [-0.3, -0.25) is 4.79 Å². The van der Waals surface area contributed by atoms with Gasteiger partial charge in [0.15, 0.2) is 5.82 Å². The van der Waals surface area contributed by atoms with Gasteiger partial charge >= 0.3 is 0 Å². The summed E-state index contributed by atoms with van der Waals surface area (Å²) in [7, 11) is 0. The zero-order valence-corrected chi connectivity index (χ0v) is 10.8. The zero-order valence-electron chi connectivity index (χ0n) is 9.19. The van der Waals surface area contributed by atoms with Gasteiger partial charge in [-0.2, -0.15) is 4.98 Å². The predicted molar refractivity (Wildman–Crippen MR) is 64.4 cm³/mol. The van der Waals surface area contributed by atoms with Crippen molar-refractivity contribution in [2.24, 2.45) is 0 Å². The van der Waals surface area contributed by atoms with Crippen LogP contribution in [0.1, 0.15) is 16.2 Å². The molecule has 7 heteroatoms. The van der Waals surface area contributed by atoms with Gasteiger partial charge < -0.3 is 9.84 Å². The molecule has 18 heavy (non-hydrogen) atoms. The summed E-state index contributed by atoms with van der Waals surface area (Å²) in [6.45, 7) is 0.349. The van der Waals surface area contributed by atoms with Crippen LogP contribution in [0.15, 0.2) is 33.6 Å². The normalized spacial score (nSPS) is 10.3. The topological polar surface area (TPSA) is 68.0 Å². The Labute approximate surface area is 111 Å². The summed E-state index contributed by atoms with van der Waals surface area (Å²) in [6, 6.07) is 4.30. The lowest BCUT2D eigenvalue weighted by Gasteiger charge is -2.06. The number of carbonyl (C=O) groups is 1. The van der Waals surface area contributed by atoms with Gasteiger partial charge in [0.25, 0.3) is 5.91 Å². The summed E-state index contributed by atoms with van der Waals surface area (Å²) in [5, 5.41) is 6.26. The molecular weight excluding hydrogens is 305 g/mol. The first-order valence-corrected chi connectivity index (χ1v) is 5.95. The maximum Gasteiger partial charge on any atom is 0.252 e. The van der Waals surface area contributed by atoms with E-state index in [4.69, 9.17) is 0 Å². The van der Waals surface area contributed by atoms with E-state index in [1.807, 2.05) is 0 Å². The fourth-order valence-electron chi connectivity index (χ4n) is 1.36. The van der Waals surface area contributed by atoms with Crippen molar-refractivity contribution >= 4 is 21.8 Å². The van der Waals surface area contributed by atoms with E-state index in [0.29, 0.717) is 18.8 Å². The molecule has 0 fully saturated rings. The van der Waals surface area contributed by atoms with Gasteiger partial charge in [0.05, 0.1) is 10.0 Å². The number of amides is 1. The quantitative estimate of drug-likeness (QED) is 0.936. The summed E-state index contributed by atoms with van der Waals surface area (Å²) in [5.74, 6) is -0.320. The van der Waals surface area contributed by atoms with Crippen molar-refractivity contribution in [3.05, 3.63) is 46.3 Å². The molecule has 0 unspecified atom stereocenters. The van der Waals surface area contributed by atoms with Gasteiger partial charge in [-0.1, -0.05) is 11.2 Å². The minimum atomic E-state index is -0.471. The molecule has 94 valence electrons. The number of carbonyl (C=O) groups excluding carboxylic acids is 1. The smallest absolute Gasteiger partial charge is 0.252 e. The van der Waals surface area contributed by atoms with Gasteiger partial charge in [0, 0.05) is 13.0 Å². The van der Waals surface area contributed by atoms with Crippen LogP contribution in [-0.2, 0) is 6.42 Å². The summed E-state index contributed by atoms with van der Waals surface area (Å²) in [4.78, 5) is 15.6. The van der Waals surface area contributed by atoms with Crippen LogP contribution in [0.4, 0.5) is 4.39 Å². The van der Waals surface area contributed by atoms with E-state index in [2.05, 4.69) is 35.9 Å². The fourth-order valence-corrected chi connectivity index (χ4v) is 1.81. The number of hydrogen-bond acceptors (Lipinski definition) is 4. The molecular formula is C11H9BrFN3O2. The fraction of sp³-hybridized carbons (Fsp3) is 0.182. The van der Waals surface area contributed by atoms with Crippen LogP contribution in [0.2, 0.25) is 0 Å². The van der Waals surface area contributed by atoms with E-state index in [1.165, 1.54) is 24.6 Å². The summed E-state index contributed by atoms with van der Waals surface area (Å²) >= 11 is 3.04. The molecule has 0 saturated carbocycles. The van der Waals surface area contributed by atoms with Crippen molar-refractivity contribution in [2.75, 3.05) is 6.54 Å². The van der Waals surface area contributed by atoms with E-state index in [-0.39, 0.29) is 15.9 Å². The van der Waals surface area contributed by atoms with Crippen molar-refractivity contribution in [3.63, 3.8) is 0 Å². The summed E-state index contributed by atoms with van der Waals surface area (Å²) < 4.78 is 17.9. The minimum Gasteiger partial charge on any atom is -0.352 e. The Morgan fingerprint density at radius 2 is 2.33 bits per heavy atom. The predicted octanol–water partition coefficient (Wildman–Crippen LogP) is 1.94. The van der Waals surface area contributed by atoms with E-state index >= 15 is 0 Å². The molecule has 0 saturated heterocycles. The van der Waals surface area contributed by atoms with Gasteiger partial charge in [-0.25, -0.2) is 4.39 Å². The Kier molecular flexibility index (Phi) is 4.03. The highest BCUT2D eigenvalue weighted by Gasteiger charge is 2.12. The number of benzene rings is 1. The second kappa shape index (κ2) is 5.72. The molecule has 0 atom stereocenters. The van der Waals surface area contributed by atoms with Crippen molar-refractivity contribution in [2.45, 2.75) is 6.42 Å². The molecule has 0 bridgehead atoms. The zero-order chi connectivity index (χ0) is 13.0. The number of aromatic nitrogens is 2. The number of hydrogen-bond donors (Lipinski definition) is 1. The average molecular weight is 314 g/mol. The van der Waals surface area contributed by atoms with Crippen LogP contribution in [0.5, 0.6) is 0 Å². The standard InChI is InChI=1S/C11H9BrFN3O2/c12-10-7(2-1-3-8(10)13)11(17)14-5-4-9-15-6-18-16-9/h1-3,6H,4-5H2,(H,14,17). The Morgan fingerprint density at radius 3 is 3.06 bits per heavy atom. The van der Waals surface area contributed by atoms with Crippen molar-refractivity contribution in [1.82, 2.24) is 15.5 Å². The first-order chi connectivity index (χ1) is 8.68. The van der Waals surface area contributed by atoms with Gasteiger partial charge in [0.1, 0.15) is 5.82 Å². The van der Waals surface area contributed by atoms with Crippen LogP contribution in [0.25, 0.3) is 0 Å². The molecule has 0 radical (unpaired) electrons. The maximum atomic E-state index is 13.2. The molecule has 1 aromatic heterocycles. The average Bonchev–Trinajstić information content (AvgIpc) is 2.85. The van der Waals surface area contributed by atoms with Crippen LogP contribution in [-0.4, -0.2) is 22.6 Å². The maximum absolute atomic E-state index is 13.2. The van der Waals surface area contributed by atoms with E-state index in [9.17, 15) is 9.18 Å². The third-order valence-corrected chi connectivity index (χ3v) is 3.04. The molecule has 2 aromatic rings. The monoisotopic (exact) mass is 313 g/mol. The number of rotatable bonds is 4. The van der Waals surface area contributed by atoms with Crippen molar-refractivity contribution in [3.8, 4) is 0 Å². The van der Waals surface area contributed by atoms with Gasteiger partial charge in [-0.15, -0.1) is 0 Å². The first kappa shape index (κ1) is 12.7. The highest BCUT2D eigenvalue weighted by molar-refractivity contribution is 9.10. The second-order valence-corrected chi connectivity index (χ2v) is 4.25. The third-order valence-electron chi connectivity index (χ3n) is 2.24. The lowest BCUT2D eigenvalue weighted by molar-refractivity contribution is 0.0952. The van der Waals surface area contributed by atoms with Crippen LogP contribution < -0.4 is 5.32 Å². The Hall–Kier alpha value is -1.76. The highest BCUT2D eigenvalue weighted by atomic mass is 79.9. The Balaban J connectivity index is 1.93. The number of halogens is 2. The van der Waals surface area contributed by atoms with Gasteiger partial charge in [-0.05, 0) is 28.1 Å². The molecule has 0 spiro atoms. The molecule has 0 aliphatic rings. The van der Waals surface area contributed by atoms with Crippen LogP contribution >= 0.6 is 15.9 Å². The minimum absolute atomic E-state index is 0.155. The van der Waals surface area contributed by atoms with Crippen LogP contribution in [0.3, 0.4) is 0 Å². The third kappa shape index (κ3) is 2.92. The second-order valence-electron chi connectivity index (χ2n) is 3.45. The molecule has 1 heterocycles. The molecule has 1 N–H and O–H groups in total. The molecule has 0 aliphatic heterocycles. The number of nitrogens with zero attached hydrogens (tertiary/aromatic N) is 2. The number of nitrogens with one attached hydrogen (secondary N) is 1. The van der Waals surface area contributed by atoms with Gasteiger partial charge in [0.2, 0.25) is 6.39 Å². The molecule has 1 aromatic carbocycles. The van der Waals surface area contributed by atoms with E-state index < -0.39 is 5.82 Å². The molecule has 1 amide bonds.